The van der Waals surface area contributed by atoms with Crippen LogP contribution in [0.4, 0.5) is 0 Å². The van der Waals surface area contributed by atoms with Crippen molar-refractivity contribution in [3.05, 3.63) is 108 Å². The lowest BCUT2D eigenvalue weighted by Crippen LogP contribution is -2.57. The Kier molecular flexibility index (Phi) is 5.60. The molecule has 1 saturated carbocycles. The van der Waals surface area contributed by atoms with Gasteiger partial charge in [-0.3, -0.25) is 9.59 Å². The average Bonchev–Trinajstić information content (AvgIpc) is 3.41. The van der Waals surface area contributed by atoms with Crippen molar-refractivity contribution in [2.45, 2.75) is 50.7 Å². The Morgan fingerprint density at radius 3 is 2.17 bits per heavy atom. The van der Waals surface area contributed by atoms with Crippen molar-refractivity contribution >= 4 is 22.6 Å². The largest absolute Gasteiger partial charge is 0.351 e. The van der Waals surface area contributed by atoms with E-state index in [0.29, 0.717) is 12.1 Å². The zero-order valence-electron chi connectivity index (χ0n) is 20.5. The molecule has 0 radical (unpaired) electrons. The molecule has 4 aromatic rings. The van der Waals surface area contributed by atoms with Crippen molar-refractivity contribution in [2.24, 2.45) is 0 Å². The molecule has 1 aliphatic carbocycles. The van der Waals surface area contributed by atoms with E-state index in [1.165, 1.54) is 0 Å². The van der Waals surface area contributed by atoms with Gasteiger partial charge in [-0.15, -0.1) is 0 Å². The van der Waals surface area contributed by atoms with E-state index in [1.54, 1.807) is 4.90 Å². The van der Waals surface area contributed by atoms with Gasteiger partial charge in [-0.2, -0.15) is 0 Å². The summed E-state index contributed by atoms with van der Waals surface area (Å²) >= 11 is 0. The standard InChI is InChI=1S/C32H30N2O2/c1-32(31(36)33-25-15-7-8-16-25)29-18-10-9-17-26(29)27-19-23-13-5-6-14-24(23)20-28(27)30(35)34(32)21-22-11-3-2-4-12-22/h2-6,9-14,17-20,25H,7-8,15-16,21H2,1H3,(H,33,36). The lowest BCUT2D eigenvalue weighted by atomic mass is 9.83. The first-order chi connectivity index (χ1) is 17.6. The van der Waals surface area contributed by atoms with E-state index in [2.05, 4.69) is 17.4 Å². The lowest BCUT2D eigenvalue weighted by molar-refractivity contribution is -0.133. The summed E-state index contributed by atoms with van der Waals surface area (Å²) in [4.78, 5) is 30.5. The summed E-state index contributed by atoms with van der Waals surface area (Å²) in [7, 11) is 0. The molecule has 0 aromatic heterocycles. The van der Waals surface area contributed by atoms with Gasteiger partial charge in [0.05, 0.1) is 0 Å². The van der Waals surface area contributed by atoms with Gasteiger partial charge >= 0.3 is 0 Å². The second-order valence-corrected chi connectivity index (χ2v) is 10.2. The molecule has 0 spiro atoms. The third-order valence-corrected chi connectivity index (χ3v) is 7.96. The third kappa shape index (κ3) is 3.69. The quantitative estimate of drug-likeness (QED) is 0.370. The van der Waals surface area contributed by atoms with Crippen molar-refractivity contribution in [1.82, 2.24) is 10.2 Å². The van der Waals surface area contributed by atoms with Crippen molar-refractivity contribution in [2.75, 3.05) is 0 Å². The smallest absolute Gasteiger partial charge is 0.255 e. The molecule has 6 rings (SSSR count). The highest BCUT2D eigenvalue weighted by molar-refractivity contribution is 6.10. The molecule has 4 heteroatoms. The minimum absolute atomic E-state index is 0.108. The molecule has 0 saturated heterocycles. The number of benzene rings is 4. The van der Waals surface area contributed by atoms with Crippen LogP contribution in [-0.4, -0.2) is 22.8 Å². The van der Waals surface area contributed by atoms with E-state index in [9.17, 15) is 9.59 Å². The summed E-state index contributed by atoms with van der Waals surface area (Å²) in [5, 5.41) is 5.41. The number of carbonyl (C=O) groups is 2. The first-order valence-corrected chi connectivity index (χ1v) is 12.9. The molecule has 4 aromatic carbocycles. The monoisotopic (exact) mass is 474 g/mol. The number of fused-ring (bicyclic) bond motifs is 4. The predicted molar refractivity (Wildman–Crippen MR) is 143 cm³/mol. The molecule has 1 N–H and O–H groups in total. The number of carbonyl (C=O) groups excluding carboxylic acids is 2. The van der Waals surface area contributed by atoms with Crippen LogP contribution in [0.15, 0.2) is 91.0 Å². The Hall–Kier alpha value is -3.92. The maximum absolute atomic E-state index is 14.5. The summed E-state index contributed by atoms with van der Waals surface area (Å²) in [6.45, 7) is 2.26. The molecule has 0 bridgehead atoms. The number of hydrogen-bond acceptors (Lipinski definition) is 2. The van der Waals surface area contributed by atoms with Crippen LogP contribution in [0.5, 0.6) is 0 Å². The second-order valence-electron chi connectivity index (χ2n) is 10.2. The van der Waals surface area contributed by atoms with E-state index in [-0.39, 0.29) is 17.9 Å². The second kappa shape index (κ2) is 8.94. The highest BCUT2D eigenvalue weighted by Gasteiger charge is 2.48. The molecule has 36 heavy (non-hydrogen) atoms. The highest BCUT2D eigenvalue weighted by Crippen LogP contribution is 2.44. The molecular formula is C32H30N2O2. The van der Waals surface area contributed by atoms with Gasteiger partial charge in [0.2, 0.25) is 0 Å². The Bertz CT molecular complexity index is 1460. The maximum atomic E-state index is 14.5. The van der Waals surface area contributed by atoms with Crippen molar-refractivity contribution in [3.8, 4) is 11.1 Å². The van der Waals surface area contributed by atoms with Crippen LogP contribution in [0.2, 0.25) is 0 Å². The van der Waals surface area contributed by atoms with Gasteiger partial charge in [-0.25, -0.2) is 0 Å². The number of amides is 2. The molecule has 1 unspecified atom stereocenters. The van der Waals surface area contributed by atoms with Crippen LogP contribution in [0, 0.1) is 0 Å². The van der Waals surface area contributed by atoms with Gasteiger partial charge in [0.25, 0.3) is 11.8 Å². The Labute approximate surface area is 211 Å². The number of rotatable bonds is 4. The summed E-state index contributed by atoms with van der Waals surface area (Å²) in [6.07, 6.45) is 4.23. The summed E-state index contributed by atoms with van der Waals surface area (Å²) in [5.74, 6) is -0.233. The SMILES string of the molecule is CC1(C(=O)NC2CCCC2)c2ccccc2-c2cc3ccccc3cc2C(=O)N1Cc1ccccc1. The fourth-order valence-electron chi connectivity index (χ4n) is 5.91. The van der Waals surface area contributed by atoms with Crippen molar-refractivity contribution < 1.29 is 9.59 Å². The molecule has 1 aliphatic heterocycles. The molecule has 180 valence electrons. The summed E-state index contributed by atoms with van der Waals surface area (Å²) < 4.78 is 0. The van der Waals surface area contributed by atoms with Crippen LogP contribution in [-0.2, 0) is 16.9 Å². The van der Waals surface area contributed by atoms with Crippen LogP contribution in [0.25, 0.3) is 21.9 Å². The minimum Gasteiger partial charge on any atom is -0.351 e. The minimum atomic E-state index is -1.17. The zero-order chi connectivity index (χ0) is 24.7. The fourth-order valence-corrected chi connectivity index (χ4v) is 5.91. The van der Waals surface area contributed by atoms with Crippen LogP contribution >= 0.6 is 0 Å². The Morgan fingerprint density at radius 2 is 1.44 bits per heavy atom. The van der Waals surface area contributed by atoms with E-state index in [0.717, 1.165) is 58.7 Å². The average molecular weight is 475 g/mol. The van der Waals surface area contributed by atoms with Gasteiger partial charge in [-0.1, -0.05) is 91.7 Å². The number of hydrogen-bond donors (Lipinski definition) is 1. The number of nitrogens with zero attached hydrogens (tertiary/aromatic N) is 1. The van der Waals surface area contributed by atoms with Crippen LogP contribution < -0.4 is 5.32 Å². The third-order valence-electron chi connectivity index (χ3n) is 7.96. The van der Waals surface area contributed by atoms with E-state index >= 15 is 0 Å². The zero-order valence-corrected chi connectivity index (χ0v) is 20.5. The van der Waals surface area contributed by atoms with E-state index < -0.39 is 5.54 Å². The number of nitrogens with one attached hydrogen (secondary N) is 1. The van der Waals surface area contributed by atoms with Crippen LogP contribution in [0.1, 0.15) is 54.1 Å². The first-order valence-electron chi connectivity index (χ1n) is 12.9. The van der Waals surface area contributed by atoms with Crippen molar-refractivity contribution in [3.63, 3.8) is 0 Å². The van der Waals surface area contributed by atoms with Gasteiger partial charge < -0.3 is 10.2 Å². The van der Waals surface area contributed by atoms with E-state index in [1.807, 2.05) is 85.8 Å². The summed E-state index contributed by atoms with van der Waals surface area (Å²) in [5.41, 5.74) is 3.13. The van der Waals surface area contributed by atoms with Gasteiger partial charge in [0.1, 0.15) is 5.54 Å². The first kappa shape index (κ1) is 22.5. The molecule has 1 heterocycles. The lowest BCUT2D eigenvalue weighted by Gasteiger charge is -2.40. The topological polar surface area (TPSA) is 49.4 Å². The fraction of sp³-hybridized carbons (Fsp3) is 0.250. The molecule has 4 nitrogen and oxygen atoms in total. The summed E-state index contributed by atoms with van der Waals surface area (Å²) in [6, 6.07) is 30.3. The predicted octanol–water partition coefficient (Wildman–Crippen LogP) is 6.44. The van der Waals surface area contributed by atoms with Gasteiger partial charge in [0, 0.05) is 18.2 Å². The molecular weight excluding hydrogens is 444 g/mol. The maximum Gasteiger partial charge on any atom is 0.255 e. The molecule has 2 amide bonds. The highest BCUT2D eigenvalue weighted by atomic mass is 16.2. The van der Waals surface area contributed by atoms with Gasteiger partial charge in [0.15, 0.2) is 0 Å². The molecule has 1 fully saturated rings. The molecule has 2 aliphatic rings. The Balaban J connectivity index is 1.58. The van der Waals surface area contributed by atoms with Crippen molar-refractivity contribution in [1.29, 1.82) is 0 Å². The Morgan fingerprint density at radius 1 is 0.833 bits per heavy atom. The van der Waals surface area contributed by atoms with E-state index in [4.69, 9.17) is 0 Å². The normalized spacial score (nSPS) is 19.6. The molecule has 1 atom stereocenters. The van der Waals surface area contributed by atoms with Crippen LogP contribution in [0.3, 0.4) is 0 Å². The van der Waals surface area contributed by atoms with Gasteiger partial charge in [-0.05, 0) is 64.9 Å².